The monoisotopic (exact) mass is 186 g/mol. The summed E-state index contributed by atoms with van der Waals surface area (Å²) in [5, 5.41) is 0. The standard InChI is InChI=1S/C11H10N2O/c1-9-2-7-13-11(8-9)14-10-3-5-12-6-4-10/h2-8H,1H3. The van der Waals surface area contributed by atoms with Gasteiger partial charge in [0.15, 0.2) is 0 Å². The topological polar surface area (TPSA) is 35.0 Å². The molecule has 0 fully saturated rings. The third kappa shape index (κ3) is 2.07. The van der Waals surface area contributed by atoms with Crippen LogP contribution in [0.5, 0.6) is 11.6 Å². The molecule has 70 valence electrons. The van der Waals surface area contributed by atoms with Crippen molar-refractivity contribution in [3.63, 3.8) is 0 Å². The Morgan fingerprint density at radius 2 is 1.86 bits per heavy atom. The van der Waals surface area contributed by atoms with E-state index in [1.165, 1.54) is 0 Å². The van der Waals surface area contributed by atoms with Gasteiger partial charge >= 0.3 is 0 Å². The first-order chi connectivity index (χ1) is 6.84. The lowest BCUT2D eigenvalue weighted by Gasteiger charge is -2.03. The molecule has 0 atom stereocenters. The predicted molar refractivity (Wildman–Crippen MR) is 53.3 cm³/mol. The number of nitrogens with zero attached hydrogens (tertiary/aromatic N) is 2. The fourth-order valence-corrected chi connectivity index (χ4v) is 1.09. The van der Waals surface area contributed by atoms with Crippen LogP contribution in [0, 0.1) is 6.92 Å². The van der Waals surface area contributed by atoms with Crippen LogP contribution in [-0.2, 0) is 0 Å². The highest BCUT2D eigenvalue weighted by Crippen LogP contribution is 2.17. The van der Waals surface area contributed by atoms with Crippen LogP contribution in [0.2, 0.25) is 0 Å². The highest BCUT2D eigenvalue weighted by atomic mass is 16.5. The lowest BCUT2D eigenvalue weighted by molar-refractivity contribution is 0.462. The van der Waals surface area contributed by atoms with Gasteiger partial charge < -0.3 is 4.74 Å². The number of ether oxygens (including phenoxy) is 1. The largest absolute Gasteiger partial charge is 0.439 e. The molecule has 0 radical (unpaired) electrons. The smallest absolute Gasteiger partial charge is 0.219 e. The summed E-state index contributed by atoms with van der Waals surface area (Å²) in [6.07, 6.45) is 5.10. The Hall–Kier alpha value is -1.90. The fourth-order valence-electron chi connectivity index (χ4n) is 1.09. The van der Waals surface area contributed by atoms with Crippen molar-refractivity contribution in [2.45, 2.75) is 6.92 Å². The van der Waals surface area contributed by atoms with Gasteiger partial charge in [-0.25, -0.2) is 4.98 Å². The van der Waals surface area contributed by atoms with Crippen molar-refractivity contribution in [3.05, 3.63) is 48.4 Å². The van der Waals surface area contributed by atoms with E-state index < -0.39 is 0 Å². The van der Waals surface area contributed by atoms with Crippen molar-refractivity contribution in [2.24, 2.45) is 0 Å². The quantitative estimate of drug-likeness (QED) is 0.723. The van der Waals surface area contributed by atoms with E-state index >= 15 is 0 Å². The Bertz CT molecular complexity index is 415. The molecular weight excluding hydrogens is 176 g/mol. The third-order valence-corrected chi connectivity index (χ3v) is 1.76. The molecule has 2 heterocycles. The second kappa shape index (κ2) is 3.87. The number of hydrogen-bond acceptors (Lipinski definition) is 3. The van der Waals surface area contributed by atoms with E-state index in [2.05, 4.69) is 9.97 Å². The Morgan fingerprint density at radius 3 is 2.57 bits per heavy atom. The molecule has 3 heteroatoms. The van der Waals surface area contributed by atoms with Crippen LogP contribution in [-0.4, -0.2) is 9.97 Å². The maximum Gasteiger partial charge on any atom is 0.219 e. The van der Waals surface area contributed by atoms with E-state index in [4.69, 9.17) is 4.74 Å². The first-order valence-corrected chi connectivity index (χ1v) is 4.35. The molecule has 2 rings (SSSR count). The van der Waals surface area contributed by atoms with Crippen molar-refractivity contribution >= 4 is 0 Å². The second-order valence-electron chi connectivity index (χ2n) is 2.96. The van der Waals surface area contributed by atoms with Gasteiger partial charge in [-0.1, -0.05) is 0 Å². The molecule has 0 aliphatic rings. The van der Waals surface area contributed by atoms with E-state index in [0.29, 0.717) is 5.88 Å². The molecule has 0 N–H and O–H groups in total. The van der Waals surface area contributed by atoms with Crippen molar-refractivity contribution in [3.8, 4) is 11.6 Å². The van der Waals surface area contributed by atoms with Crippen molar-refractivity contribution in [1.82, 2.24) is 9.97 Å². The third-order valence-electron chi connectivity index (χ3n) is 1.76. The number of pyridine rings is 2. The molecule has 2 aromatic heterocycles. The van der Waals surface area contributed by atoms with Crippen molar-refractivity contribution < 1.29 is 4.74 Å². The molecule has 0 saturated carbocycles. The van der Waals surface area contributed by atoms with Gasteiger partial charge in [0.1, 0.15) is 5.75 Å². The summed E-state index contributed by atoms with van der Waals surface area (Å²) in [6.45, 7) is 2.00. The zero-order valence-corrected chi connectivity index (χ0v) is 7.84. The highest BCUT2D eigenvalue weighted by Gasteiger charge is 1.96. The molecule has 14 heavy (non-hydrogen) atoms. The summed E-state index contributed by atoms with van der Waals surface area (Å²) >= 11 is 0. The molecule has 0 aliphatic carbocycles. The maximum absolute atomic E-state index is 5.51. The SMILES string of the molecule is Cc1ccnc(Oc2ccncc2)c1. The van der Waals surface area contributed by atoms with Crippen LogP contribution in [0.15, 0.2) is 42.9 Å². The first-order valence-electron chi connectivity index (χ1n) is 4.35. The molecule has 0 aromatic carbocycles. The predicted octanol–water partition coefficient (Wildman–Crippen LogP) is 2.58. The summed E-state index contributed by atoms with van der Waals surface area (Å²) in [7, 11) is 0. The first kappa shape index (κ1) is 8.69. The minimum Gasteiger partial charge on any atom is -0.439 e. The Morgan fingerprint density at radius 1 is 1.07 bits per heavy atom. The van der Waals surface area contributed by atoms with Gasteiger partial charge in [0.05, 0.1) is 0 Å². The molecular formula is C11H10N2O. The molecule has 2 aromatic rings. The van der Waals surface area contributed by atoms with Crippen LogP contribution in [0.25, 0.3) is 0 Å². The van der Waals surface area contributed by atoms with Crippen molar-refractivity contribution in [2.75, 3.05) is 0 Å². The highest BCUT2D eigenvalue weighted by molar-refractivity contribution is 5.26. The number of hydrogen-bond donors (Lipinski definition) is 0. The van der Waals surface area contributed by atoms with Crippen LogP contribution < -0.4 is 4.74 Å². The van der Waals surface area contributed by atoms with Crippen LogP contribution in [0.3, 0.4) is 0 Å². The van der Waals surface area contributed by atoms with E-state index in [-0.39, 0.29) is 0 Å². The number of aryl methyl sites for hydroxylation is 1. The Labute approximate surface area is 82.4 Å². The van der Waals surface area contributed by atoms with E-state index in [1.54, 1.807) is 30.7 Å². The molecule has 0 spiro atoms. The van der Waals surface area contributed by atoms with Crippen LogP contribution in [0.1, 0.15) is 5.56 Å². The molecule has 0 bridgehead atoms. The van der Waals surface area contributed by atoms with Gasteiger partial charge in [0.25, 0.3) is 0 Å². The van der Waals surface area contributed by atoms with Gasteiger partial charge in [-0.05, 0) is 30.7 Å². The van der Waals surface area contributed by atoms with E-state index in [9.17, 15) is 0 Å². The maximum atomic E-state index is 5.51. The van der Waals surface area contributed by atoms with Gasteiger partial charge in [0.2, 0.25) is 5.88 Å². The van der Waals surface area contributed by atoms with E-state index in [1.807, 2.05) is 19.1 Å². The van der Waals surface area contributed by atoms with Crippen molar-refractivity contribution in [1.29, 1.82) is 0 Å². The Kier molecular flexibility index (Phi) is 2.40. The summed E-state index contributed by atoms with van der Waals surface area (Å²) in [6, 6.07) is 7.41. The normalized spacial score (nSPS) is 9.79. The molecule has 3 nitrogen and oxygen atoms in total. The van der Waals surface area contributed by atoms with Gasteiger partial charge in [-0.2, -0.15) is 0 Å². The average Bonchev–Trinajstić information content (AvgIpc) is 2.19. The summed E-state index contributed by atoms with van der Waals surface area (Å²) in [5.41, 5.74) is 1.13. The zero-order valence-electron chi connectivity index (χ0n) is 7.84. The zero-order chi connectivity index (χ0) is 9.80. The number of aromatic nitrogens is 2. The second-order valence-corrected chi connectivity index (χ2v) is 2.96. The minimum atomic E-state index is 0.608. The molecule has 0 unspecified atom stereocenters. The van der Waals surface area contributed by atoms with Crippen LogP contribution in [0.4, 0.5) is 0 Å². The fraction of sp³-hybridized carbons (Fsp3) is 0.0909. The lowest BCUT2D eigenvalue weighted by atomic mass is 10.3. The summed E-state index contributed by atoms with van der Waals surface area (Å²) in [5.74, 6) is 1.36. The number of rotatable bonds is 2. The Balaban J connectivity index is 2.19. The molecule has 0 amide bonds. The van der Waals surface area contributed by atoms with E-state index in [0.717, 1.165) is 11.3 Å². The van der Waals surface area contributed by atoms with Gasteiger partial charge in [-0.3, -0.25) is 4.98 Å². The van der Waals surface area contributed by atoms with Crippen LogP contribution >= 0.6 is 0 Å². The molecule has 0 saturated heterocycles. The lowest BCUT2D eigenvalue weighted by Crippen LogP contribution is -1.87. The summed E-state index contributed by atoms with van der Waals surface area (Å²) in [4.78, 5) is 8.00. The van der Waals surface area contributed by atoms with Gasteiger partial charge in [0, 0.05) is 24.7 Å². The minimum absolute atomic E-state index is 0.608. The average molecular weight is 186 g/mol. The summed E-state index contributed by atoms with van der Waals surface area (Å²) < 4.78 is 5.51. The van der Waals surface area contributed by atoms with Gasteiger partial charge in [-0.15, -0.1) is 0 Å². The molecule has 0 aliphatic heterocycles.